The zero-order valence-corrected chi connectivity index (χ0v) is 20.7. The number of halogens is 2. The summed E-state index contributed by atoms with van der Waals surface area (Å²) in [7, 11) is 0. The average Bonchev–Trinajstić information content (AvgIpc) is 3.21. The van der Waals surface area contributed by atoms with Crippen molar-refractivity contribution in [2.75, 3.05) is 6.61 Å². The predicted molar refractivity (Wildman–Crippen MR) is 127 cm³/mol. The van der Waals surface area contributed by atoms with Crippen LogP contribution in [0.4, 0.5) is 0 Å². The summed E-state index contributed by atoms with van der Waals surface area (Å²) in [5, 5.41) is 11.7. The number of aliphatic carboxylic acids is 1. The molecule has 3 aromatic rings. The number of rotatable bonds is 7. The monoisotopic (exact) mass is 532 g/mol. The van der Waals surface area contributed by atoms with Crippen LogP contribution in [0.15, 0.2) is 48.5 Å². The maximum atomic E-state index is 12.7. The van der Waals surface area contributed by atoms with Gasteiger partial charge in [-0.05, 0) is 0 Å². The van der Waals surface area contributed by atoms with Crippen LogP contribution in [0.1, 0.15) is 25.3 Å². The Morgan fingerprint density at radius 3 is 2.59 bits per heavy atom. The van der Waals surface area contributed by atoms with E-state index in [2.05, 4.69) is 4.98 Å². The van der Waals surface area contributed by atoms with Gasteiger partial charge < -0.3 is 0 Å². The van der Waals surface area contributed by atoms with Crippen LogP contribution in [0.25, 0.3) is 22.2 Å². The molecule has 1 aliphatic heterocycles. The minimum atomic E-state index is -1.05. The van der Waals surface area contributed by atoms with E-state index >= 15 is 0 Å². The van der Waals surface area contributed by atoms with Crippen molar-refractivity contribution >= 4 is 60.4 Å². The Morgan fingerprint density at radius 2 is 1.94 bits per heavy atom. The fourth-order valence-corrected chi connectivity index (χ4v) is 6.81. The SMILES string of the molecule is C[C@@]1(C(=O)[As][C@@H](Cc2ccc3nc(-c4c(Cl)cccc4Cl)ccc3c2)C(=O)O)CCCO1. The number of carboxylic acid groups (broad SMARTS) is 1. The van der Waals surface area contributed by atoms with Crippen molar-refractivity contribution < 1.29 is 19.4 Å². The van der Waals surface area contributed by atoms with Gasteiger partial charge in [-0.15, -0.1) is 0 Å². The number of pyridine rings is 1. The van der Waals surface area contributed by atoms with E-state index in [9.17, 15) is 14.7 Å². The summed E-state index contributed by atoms with van der Waals surface area (Å²) in [4.78, 5) is 29.3. The van der Waals surface area contributed by atoms with Crippen LogP contribution in [0, 0.1) is 0 Å². The Kier molecular flexibility index (Phi) is 6.92. The summed E-state index contributed by atoms with van der Waals surface area (Å²) in [5.41, 5.74) is 2.14. The first-order valence-corrected chi connectivity index (χ1v) is 13.0. The molecular formula is C24H21AsCl2NO4. The van der Waals surface area contributed by atoms with E-state index in [1.54, 1.807) is 25.1 Å². The predicted octanol–water partition coefficient (Wildman–Crippen LogP) is 5.42. The van der Waals surface area contributed by atoms with Crippen molar-refractivity contribution in [3.8, 4) is 11.3 Å². The molecule has 2 aromatic carbocycles. The van der Waals surface area contributed by atoms with E-state index in [0.717, 1.165) is 22.9 Å². The number of aromatic nitrogens is 1. The number of carboxylic acids is 1. The fourth-order valence-electron chi connectivity index (χ4n) is 3.82. The van der Waals surface area contributed by atoms with Gasteiger partial charge in [0.05, 0.1) is 0 Å². The van der Waals surface area contributed by atoms with Crippen LogP contribution >= 0.6 is 23.2 Å². The van der Waals surface area contributed by atoms with Gasteiger partial charge >= 0.3 is 203 Å². The second-order valence-corrected chi connectivity index (χ2v) is 11.5. The third-order valence-electron chi connectivity index (χ3n) is 5.63. The van der Waals surface area contributed by atoms with Gasteiger partial charge in [0.15, 0.2) is 0 Å². The first kappa shape index (κ1) is 23.3. The molecule has 2 atom stereocenters. The number of carbonyl (C=O) groups excluding carboxylic acids is 1. The molecule has 5 nitrogen and oxygen atoms in total. The molecule has 1 saturated heterocycles. The maximum absolute atomic E-state index is 12.7. The number of hydrogen-bond donors (Lipinski definition) is 1. The van der Waals surface area contributed by atoms with Gasteiger partial charge in [-0.1, -0.05) is 0 Å². The molecular weight excluding hydrogens is 512 g/mol. The topological polar surface area (TPSA) is 76.5 Å². The molecule has 4 rings (SSSR count). The van der Waals surface area contributed by atoms with Crippen molar-refractivity contribution in [3.05, 3.63) is 64.1 Å². The first-order valence-electron chi connectivity index (χ1n) is 10.2. The van der Waals surface area contributed by atoms with E-state index in [-0.39, 0.29) is 4.57 Å². The Morgan fingerprint density at radius 1 is 1.19 bits per heavy atom. The van der Waals surface area contributed by atoms with Crippen molar-refractivity contribution in [1.82, 2.24) is 4.98 Å². The quantitative estimate of drug-likeness (QED) is 0.411. The first-order chi connectivity index (χ1) is 15.3. The molecule has 0 spiro atoms. The third-order valence-corrected chi connectivity index (χ3v) is 9.25. The summed E-state index contributed by atoms with van der Waals surface area (Å²) < 4.78 is 4.84. The van der Waals surface area contributed by atoms with Gasteiger partial charge in [0.25, 0.3) is 0 Å². The van der Waals surface area contributed by atoms with Crippen molar-refractivity contribution in [2.45, 2.75) is 36.5 Å². The van der Waals surface area contributed by atoms with Gasteiger partial charge in [0, 0.05) is 0 Å². The van der Waals surface area contributed by atoms with E-state index in [4.69, 9.17) is 27.9 Å². The summed E-state index contributed by atoms with van der Waals surface area (Å²) in [6, 6.07) is 14.7. The summed E-state index contributed by atoms with van der Waals surface area (Å²) in [5.74, 6) is -0.943. The molecule has 1 fully saturated rings. The molecule has 0 aliphatic carbocycles. The molecule has 0 amide bonds. The van der Waals surface area contributed by atoms with Crippen molar-refractivity contribution in [1.29, 1.82) is 0 Å². The van der Waals surface area contributed by atoms with E-state index in [0.29, 0.717) is 40.8 Å². The van der Waals surface area contributed by atoms with Crippen molar-refractivity contribution in [2.24, 2.45) is 0 Å². The number of fused-ring (bicyclic) bond motifs is 1. The standard InChI is InChI=1S/C24H21AsCl2NO4/c1-24(10-3-11-32-24)23(31)25-16(22(29)30)13-14-6-8-19-15(12-14)7-9-20(28-19)21-17(26)4-2-5-18(21)27/h2,4-9,12,16H,3,10-11,13H2,1H3,(H,29,30)/t16-,24-/m0/s1. The van der Waals surface area contributed by atoms with Crippen LogP contribution < -0.4 is 0 Å². The Balaban J connectivity index is 1.56. The number of nitrogens with zero attached hydrogens (tertiary/aromatic N) is 1. The van der Waals surface area contributed by atoms with Gasteiger partial charge in [-0.2, -0.15) is 0 Å². The fraction of sp³-hybridized carbons (Fsp3) is 0.292. The summed E-state index contributed by atoms with van der Waals surface area (Å²) in [6.45, 7) is 2.33. The molecule has 0 bridgehead atoms. The summed E-state index contributed by atoms with van der Waals surface area (Å²) >= 11 is 11.6. The van der Waals surface area contributed by atoms with E-state index in [1.807, 2.05) is 30.3 Å². The molecule has 1 N–H and O–H groups in total. The summed E-state index contributed by atoms with van der Waals surface area (Å²) in [6.07, 6.45) is 1.79. The molecule has 8 heteroatoms. The molecule has 0 saturated carbocycles. The second kappa shape index (κ2) is 9.52. The van der Waals surface area contributed by atoms with Crippen molar-refractivity contribution in [3.63, 3.8) is 0 Å². The Hall–Kier alpha value is -1.91. The molecule has 0 unspecified atom stereocenters. The average molecular weight is 533 g/mol. The molecule has 1 radical (unpaired) electrons. The molecule has 165 valence electrons. The third kappa shape index (κ3) is 4.87. The van der Waals surface area contributed by atoms with Crippen LogP contribution in [0.5, 0.6) is 0 Å². The molecule has 1 aromatic heterocycles. The zero-order chi connectivity index (χ0) is 22.9. The van der Waals surface area contributed by atoms with Crippen LogP contribution in [0.3, 0.4) is 0 Å². The van der Waals surface area contributed by atoms with E-state index < -0.39 is 32.0 Å². The Bertz CT molecular complexity index is 1170. The molecule has 32 heavy (non-hydrogen) atoms. The van der Waals surface area contributed by atoms with Crippen LogP contribution in [-0.4, -0.2) is 48.6 Å². The number of carbonyl (C=O) groups is 2. The zero-order valence-electron chi connectivity index (χ0n) is 17.3. The number of ether oxygens (including phenoxy) is 1. The second-order valence-electron chi connectivity index (χ2n) is 8.00. The number of benzene rings is 2. The van der Waals surface area contributed by atoms with Gasteiger partial charge in [0.1, 0.15) is 0 Å². The van der Waals surface area contributed by atoms with E-state index in [1.165, 1.54) is 0 Å². The molecule has 1 aliphatic rings. The minimum absolute atomic E-state index is 0.0534. The van der Waals surface area contributed by atoms with Crippen LogP contribution in [-0.2, 0) is 20.7 Å². The normalized spacial score (nSPS) is 19.6. The number of hydrogen-bond acceptors (Lipinski definition) is 4. The Labute approximate surface area is 202 Å². The van der Waals surface area contributed by atoms with Gasteiger partial charge in [0.2, 0.25) is 0 Å². The van der Waals surface area contributed by atoms with Gasteiger partial charge in [-0.3, -0.25) is 0 Å². The van der Waals surface area contributed by atoms with Crippen LogP contribution in [0.2, 0.25) is 14.8 Å². The molecule has 2 heterocycles. The van der Waals surface area contributed by atoms with Gasteiger partial charge in [-0.25, -0.2) is 0 Å².